The molecule has 0 fully saturated rings. The van der Waals surface area contributed by atoms with Crippen molar-refractivity contribution in [2.75, 3.05) is 5.73 Å². The molecule has 3 aromatic rings. The SMILES string of the molecule is CCn1nc(C)c2nc(N)n(CCc3ccccn3)c21. The Balaban J connectivity index is 1.96. The van der Waals surface area contributed by atoms with Gasteiger partial charge in [-0.15, -0.1) is 0 Å². The van der Waals surface area contributed by atoms with Crippen LogP contribution >= 0.6 is 0 Å². The van der Waals surface area contributed by atoms with Gasteiger partial charge in [-0.1, -0.05) is 6.07 Å². The molecular formula is C14H18N6. The molecule has 0 aliphatic carbocycles. The van der Waals surface area contributed by atoms with Gasteiger partial charge in [-0.2, -0.15) is 5.10 Å². The van der Waals surface area contributed by atoms with Gasteiger partial charge in [0.15, 0.2) is 5.65 Å². The van der Waals surface area contributed by atoms with Gasteiger partial charge < -0.3 is 5.73 Å². The van der Waals surface area contributed by atoms with Gasteiger partial charge >= 0.3 is 0 Å². The predicted octanol–water partition coefficient (Wildman–Crippen LogP) is 1.78. The smallest absolute Gasteiger partial charge is 0.202 e. The number of hydrogen-bond acceptors (Lipinski definition) is 4. The molecule has 0 amide bonds. The number of rotatable bonds is 4. The van der Waals surface area contributed by atoms with Crippen LogP contribution in [0.15, 0.2) is 24.4 Å². The summed E-state index contributed by atoms with van der Waals surface area (Å²) >= 11 is 0. The minimum atomic E-state index is 0.540. The number of imidazole rings is 1. The summed E-state index contributed by atoms with van der Waals surface area (Å²) in [5.41, 5.74) is 9.91. The summed E-state index contributed by atoms with van der Waals surface area (Å²) in [5.74, 6) is 0.540. The monoisotopic (exact) mass is 270 g/mol. The molecule has 0 unspecified atom stereocenters. The average Bonchev–Trinajstić information content (AvgIpc) is 2.95. The van der Waals surface area contributed by atoms with Crippen LogP contribution in [0.2, 0.25) is 0 Å². The van der Waals surface area contributed by atoms with E-state index in [1.165, 1.54) is 0 Å². The van der Waals surface area contributed by atoms with Crippen molar-refractivity contribution in [2.45, 2.75) is 33.4 Å². The molecule has 0 bridgehead atoms. The molecule has 0 aromatic carbocycles. The van der Waals surface area contributed by atoms with E-state index >= 15 is 0 Å². The Morgan fingerprint density at radius 1 is 1.30 bits per heavy atom. The first-order valence-corrected chi connectivity index (χ1v) is 6.79. The molecule has 3 aromatic heterocycles. The summed E-state index contributed by atoms with van der Waals surface area (Å²) in [6.07, 6.45) is 2.63. The fraction of sp³-hybridized carbons (Fsp3) is 0.357. The predicted molar refractivity (Wildman–Crippen MR) is 78.3 cm³/mol. The van der Waals surface area contributed by atoms with Gasteiger partial charge in [0.25, 0.3) is 0 Å². The molecule has 20 heavy (non-hydrogen) atoms. The van der Waals surface area contributed by atoms with E-state index in [0.717, 1.165) is 42.1 Å². The number of anilines is 1. The molecule has 0 saturated carbocycles. The number of hydrogen-bond donors (Lipinski definition) is 1. The number of aryl methyl sites for hydroxylation is 4. The van der Waals surface area contributed by atoms with Crippen LogP contribution in [0, 0.1) is 6.92 Å². The van der Waals surface area contributed by atoms with Crippen LogP contribution in [-0.2, 0) is 19.5 Å². The molecule has 6 nitrogen and oxygen atoms in total. The Morgan fingerprint density at radius 2 is 2.15 bits per heavy atom. The van der Waals surface area contributed by atoms with Crippen LogP contribution in [0.3, 0.4) is 0 Å². The van der Waals surface area contributed by atoms with Gasteiger partial charge in [0.2, 0.25) is 5.95 Å². The maximum Gasteiger partial charge on any atom is 0.202 e. The molecule has 3 heterocycles. The van der Waals surface area contributed by atoms with Crippen LogP contribution in [0.5, 0.6) is 0 Å². The van der Waals surface area contributed by atoms with Gasteiger partial charge in [0.1, 0.15) is 5.52 Å². The lowest BCUT2D eigenvalue weighted by atomic mass is 10.3. The third-order valence-corrected chi connectivity index (χ3v) is 3.45. The lowest BCUT2D eigenvalue weighted by Crippen LogP contribution is -2.10. The summed E-state index contributed by atoms with van der Waals surface area (Å²) < 4.78 is 3.97. The Bertz CT molecular complexity index is 725. The zero-order valence-electron chi connectivity index (χ0n) is 11.7. The first-order chi connectivity index (χ1) is 9.70. The molecule has 0 atom stereocenters. The second kappa shape index (κ2) is 4.96. The molecule has 0 saturated heterocycles. The van der Waals surface area contributed by atoms with Crippen LogP contribution < -0.4 is 5.73 Å². The van der Waals surface area contributed by atoms with Crippen molar-refractivity contribution >= 4 is 17.1 Å². The zero-order valence-corrected chi connectivity index (χ0v) is 11.7. The van der Waals surface area contributed by atoms with Crippen molar-refractivity contribution in [3.63, 3.8) is 0 Å². The number of fused-ring (bicyclic) bond motifs is 1. The Hall–Kier alpha value is -2.37. The maximum atomic E-state index is 6.04. The highest BCUT2D eigenvalue weighted by Crippen LogP contribution is 2.21. The van der Waals surface area contributed by atoms with Crippen LogP contribution in [-0.4, -0.2) is 24.3 Å². The fourth-order valence-corrected chi connectivity index (χ4v) is 2.45. The van der Waals surface area contributed by atoms with Crippen LogP contribution in [0.4, 0.5) is 5.95 Å². The average molecular weight is 270 g/mol. The van der Waals surface area contributed by atoms with Crippen molar-refractivity contribution in [3.05, 3.63) is 35.8 Å². The van der Waals surface area contributed by atoms with Crippen molar-refractivity contribution < 1.29 is 0 Å². The van der Waals surface area contributed by atoms with Crippen LogP contribution in [0.1, 0.15) is 18.3 Å². The third-order valence-electron chi connectivity index (χ3n) is 3.45. The minimum absolute atomic E-state index is 0.540. The summed E-state index contributed by atoms with van der Waals surface area (Å²) in [5, 5.41) is 4.49. The molecule has 0 aliphatic rings. The Kier molecular flexibility index (Phi) is 3.14. The molecular weight excluding hydrogens is 252 g/mol. The second-order valence-corrected chi connectivity index (χ2v) is 4.77. The first kappa shape index (κ1) is 12.7. The first-order valence-electron chi connectivity index (χ1n) is 6.79. The molecule has 104 valence electrons. The van der Waals surface area contributed by atoms with E-state index in [4.69, 9.17) is 5.73 Å². The third kappa shape index (κ3) is 2.03. The maximum absolute atomic E-state index is 6.04. The van der Waals surface area contributed by atoms with E-state index in [1.54, 1.807) is 0 Å². The summed E-state index contributed by atoms with van der Waals surface area (Å²) in [4.78, 5) is 8.77. The topological polar surface area (TPSA) is 74.6 Å². The lowest BCUT2D eigenvalue weighted by molar-refractivity contribution is 0.628. The highest BCUT2D eigenvalue weighted by atomic mass is 15.4. The van der Waals surface area contributed by atoms with Crippen molar-refractivity contribution in [2.24, 2.45) is 0 Å². The van der Waals surface area contributed by atoms with E-state index in [9.17, 15) is 0 Å². The zero-order chi connectivity index (χ0) is 14.1. The molecule has 0 spiro atoms. The quantitative estimate of drug-likeness (QED) is 0.784. The van der Waals surface area contributed by atoms with Gasteiger partial charge in [-0.3, -0.25) is 9.55 Å². The minimum Gasteiger partial charge on any atom is -0.369 e. The van der Waals surface area contributed by atoms with E-state index in [0.29, 0.717) is 5.95 Å². The second-order valence-electron chi connectivity index (χ2n) is 4.77. The summed E-state index contributed by atoms with van der Waals surface area (Å²) in [6, 6.07) is 5.94. The number of nitrogens with zero attached hydrogens (tertiary/aromatic N) is 5. The number of pyridine rings is 1. The van der Waals surface area contributed by atoms with Gasteiger partial charge in [-0.05, 0) is 26.0 Å². The highest BCUT2D eigenvalue weighted by molar-refractivity contribution is 5.77. The van der Waals surface area contributed by atoms with E-state index in [1.807, 2.05) is 40.6 Å². The number of nitrogen functional groups attached to an aromatic ring is 1. The van der Waals surface area contributed by atoms with Gasteiger partial charge in [-0.25, -0.2) is 9.67 Å². The molecule has 6 heteroatoms. The molecule has 2 N–H and O–H groups in total. The molecule has 0 radical (unpaired) electrons. The number of aromatic nitrogens is 5. The fourth-order valence-electron chi connectivity index (χ4n) is 2.45. The van der Waals surface area contributed by atoms with Crippen molar-refractivity contribution in [1.82, 2.24) is 24.3 Å². The normalized spacial score (nSPS) is 11.3. The summed E-state index contributed by atoms with van der Waals surface area (Å²) in [6.45, 7) is 5.59. The molecule has 3 rings (SSSR count). The van der Waals surface area contributed by atoms with E-state index < -0.39 is 0 Å². The van der Waals surface area contributed by atoms with Gasteiger partial charge in [0.05, 0.1) is 5.69 Å². The van der Waals surface area contributed by atoms with Crippen molar-refractivity contribution in [3.8, 4) is 0 Å². The Morgan fingerprint density at radius 3 is 2.85 bits per heavy atom. The Labute approximate surface area is 117 Å². The van der Waals surface area contributed by atoms with Gasteiger partial charge in [0, 0.05) is 31.4 Å². The van der Waals surface area contributed by atoms with E-state index in [-0.39, 0.29) is 0 Å². The standard InChI is InChI=1S/C14H18N6/c1-3-20-13-12(10(2)18-20)17-14(15)19(13)9-7-11-6-4-5-8-16-11/h4-6,8H,3,7,9H2,1-2H3,(H2,15,17). The largest absolute Gasteiger partial charge is 0.369 e. The summed E-state index contributed by atoms with van der Waals surface area (Å²) in [7, 11) is 0. The molecule has 0 aliphatic heterocycles. The number of nitrogens with two attached hydrogens (primary N) is 1. The van der Waals surface area contributed by atoms with Crippen LogP contribution in [0.25, 0.3) is 11.2 Å². The highest BCUT2D eigenvalue weighted by Gasteiger charge is 2.16. The van der Waals surface area contributed by atoms with E-state index in [2.05, 4.69) is 22.0 Å². The van der Waals surface area contributed by atoms with Crippen molar-refractivity contribution in [1.29, 1.82) is 0 Å². The lowest BCUT2D eigenvalue weighted by Gasteiger charge is -2.07.